The molecule has 1 spiro atoms. The number of likely N-dealkylation sites (tertiary alicyclic amines) is 1. The third-order valence-electron chi connectivity index (χ3n) is 7.78. The monoisotopic (exact) mass is 589 g/mol. The van der Waals surface area contributed by atoms with Crippen molar-refractivity contribution in [3.05, 3.63) is 89.9 Å². The van der Waals surface area contributed by atoms with Crippen molar-refractivity contribution in [2.45, 2.75) is 31.2 Å². The zero-order chi connectivity index (χ0) is 30.1. The lowest BCUT2D eigenvalue weighted by Crippen LogP contribution is -2.49. The van der Waals surface area contributed by atoms with Crippen LogP contribution < -0.4 is 10.6 Å². The lowest BCUT2D eigenvalue weighted by Gasteiger charge is -2.25. The van der Waals surface area contributed by atoms with Crippen LogP contribution in [0.15, 0.2) is 67.0 Å². The third kappa shape index (κ3) is 5.84. The van der Waals surface area contributed by atoms with Crippen LogP contribution in [0.5, 0.6) is 0 Å². The van der Waals surface area contributed by atoms with Gasteiger partial charge in [-0.2, -0.15) is 0 Å². The van der Waals surface area contributed by atoms with Gasteiger partial charge in [-0.25, -0.2) is 8.78 Å². The molecule has 6 rings (SSSR count). The van der Waals surface area contributed by atoms with Gasteiger partial charge in [0.15, 0.2) is 5.79 Å². The molecule has 4 heterocycles. The summed E-state index contributed by atoms with van der Waals surface area (Å²) in [7, 11) is 0. The minimum absolute atomic E-state index is 0.0458. The summed E-state index contributed by atoms with van der Waals surface area (Å²) in [6.07, 6.45) is 3.56. The van der Waals surface area contributed by atoms with Crippen LogP contribution >= 0.6 is 0 Å². The fraction of sp³-hybridized carbons (Fsp3) is 0.290. The van der Waals surface area contributed by atoms with Crippen molar-refractivity contribution < 1.29 is 32.6 Å². The van der Waals surface area contributed by atoms with E-state index in [1.54, 1.807) is 12.4 Å². The first-order chi connectivity index (χ1) is 20.7. The van der Waals surface area contributed by atoms with E-state index < -0.39 is 35.3 Å². The number of nitrogens with zero attached hydrogens (tertiary/aromatic N) is 2. The van der Waals surface area contributed by atoms with Crippen LogP contribution in [0.25, 0.3) is 22.0 Å². The number of carbonyl (C=O) groups excluding carboxylic acids is 3. The number of benzene rings is 2. The summed E-state index contributed by atoms with van der Waals surface area (Å²) in [6.45, 7) is 2.22. The van der Waals surface area contributed by atoms with E-state index in [-0.39, 0.29) is 42.6 Å². The predicted molar refractivity (Wildman–Crippen MR) is 152 cm³/mol. The Morgan fingerprint density at radius 1 is 1.09 bits per heavy atom. The standard InChI is InChI=1S/C31H29F2N5O5/c1-18(26-12-21-15-34-9-8-25(21)37-26)36-30(41)27-14-31(42-10-11-43-31)17-38(27)28(39)16-35-29(40)20-4-2-19(3-5-20)23-7-6-22(32)13-24(23)33/h2-9,12-13,15,18,27,37H,10-11,14,16-17H2,1H3,(H,35,40)(H,36,41)/t18-,27?/m1/s1. The highest BCUT2D eigenvalue weighted by Crippen LogP contribution is 2.35. The van der Waals surface area contributed by atoms with E-state index in [1.165, 1.54) is 35.2 Å². The Morgan fingerprint density at radius 2 is 1.86 bits per heavy atom. The number of carbonyl (C=O) groups is 3. The largest absolute Gasteiger partial charge is 0.357 e. The molecule has 10 nitrogen and oxygen atoms in total. The molecule has 0 saturated carbocycles. The second-order valence-electron chi connectivity index (χ2n) is 10.7. The molecule has 12 heteroatoms. The molecule has 0 aliphatic carbocycles. The average molecular weight is 590 g/mol. The van der Waals surface area contributed by atoms with Gasteiger partial charge in [-0.15, -0.1) is 0 Å². The SMILES string of the molecule is C[C@@H](NC(=O)C1CC2(CN1C(=O)CNC(=O)c1ccc(-c3ccc(F)cc3F)cc1)OCCO2)c1cc2cnccc2[nH]1. The predicted octanol–water partition coefficient (Wildman–Crippen LogP) is 3.46. The Labute approximate surface area is 245 Å². The molecule has 2 atom stereocenters. The van der Waals surface area contributed by atoms with Crippen molar-refractivity contribution in [3.63, 3.8) is 0 Å². The minimum atomic E-state index is -1.08. The number of H-pyrrole nitrogens is 1. The summed E-state index contributed by atoms with van der Waals surface area (Å²) in [4.78, 5) is 48.4. The van der Waals surface area contributed by atoms with Gasteiger partial charge in [-0.3, -0.25) is 19.4 Å². The number of pyridine rings is 1. The highest BCUT2D eigenvalue weighted by Gasteiger charge is 2.52. The van der Waals surface area contributed by atoms with Crippen LogP contribution in [-0.4, -0.2) is 70.7 Å². The maximum Gasteiger partial charge on any atom is 0.251 e. The minimum Gasteiger partial charge on any atom is -0.357 e. The maximum absolute atomic E-state index is 14.1. The van der Waals surface area contributed by atoms with Gasteiger partial charge in [-0.1, -0.05) is 12.1 Å². The van der Waals surface area contributed by atoms with Gasteiger partial charge in [-0.05, 0) is 48.9 Å². The molecule has 3 amide bonds. The molecule has 2 aromatic heterocycles. The first-order valence-electron chi connectivity index (χ1n) is 13.9. The van der Waals surface area contributed by atoms with Crippen molar-refractivity contribution in [1.82, 2.24) is 25.5 Å². The van der Waals surface area contributed by atoms with Crippen molar-refractivity contribution in [1.29, 1.82) is 0 Å². The quantitative estimate of drug-likeness (QED) is 0.303. The normalized spacial score (nSPS) is 18.2. The summed E-state index contributed by atoms with van der Waals surface area (Å²) in [6, 6.07) is 11.8. The number of nitrogens with one attached hydrogen (secondary N) is 3. The smallest absolute Gasteiger partial charge is 0.251 e. The molecule has 4 aromatic rings. The topological polar surface area (TPSA) is 126 Å². The van der Waals surface area contributed by atoms with Crippen molar-refractivity contribution in [3.8, 4) is 11.1 Å². The van der Waals surface area contributed by atoms with Gasteiger partial charge in [0.25, 0.3) is 5.91 Å². The van der Waals surface area contributed by atoms with Gasteiger partial charge >= 0.3 is 0 Å². The molecule has 1 unspecified atom stereocenters. The number of fused-ring (bicyclic) bond motifs is 1. The fourth-order valence-corrected chi connectivity index (χ4v) is 5.54. The molecule has 0 radical (unpaired) electrons. The number of hydrogen-bond donors (Lipinski definition) is 3. The highest BCUT2D eigenvalue weighted by molar-refractivity contribution is 5.97. The van der Waals surface area contributed by atoms with Crippen molar-refractivity contribution in [2.24, 2.45) is 0 Å². The number of halogens is 2. The van der Waals surface area contributed by atoms with E-state index in [9.17, 15) is 23.2 Å². The zero-order valence-corrected chi connectivity index (χ0v) is 23.2. The molecule has 3 N–H and O–H groups in total. The second kappa shape index (κ2) is 11.5. The Bertz CT molecular complexity index is 1650. The Kier molecular flexibility index (Phi) is 7.63. The molecule has 222 valence electrons. The van der Waals surface area contributed by atoms with E-state index in [0.29, 0.717) is 18.8 Å². The third-order valence-corrected chi connectivity index (χ3v) is 7.78. The molecular formula is C31H29F2N5O5. The summed E-state index contributed by atoms with van der Waals surface area (Å²) in [5.41, 5.74) is 2.59. The van der Waals surface area contributed by atoms with E-state index >= 15 is 0 Å². The maximum atomic E-state index is 14.1. The fourth-order valence-electron chi connectivity index (χ4n) is 5.54. The number of ether oxygens (including phenoxy) is 2. The Balaban J connectivity index is 1.11. The van der Waals surface area contributed by atoms with Crippen LogP contribution in [0.1, 0.15) is 35.4 Å². The van der Waals surface area contributed by atoms with Gasteiger partial charge in [0.2, 0.25) is 11.8 Å². The van der Waals surface area contributed by atoms with E-state index in [2.05, 4.69) is 20.6 Å². The Morgan fingerprint density at radius 3 is 2.58 bits per heavy atom. The molecule has 2 aliphatic rings. The Hall–Kier alpha value is -4.68. The molecular weight excluding hydrogens is 560 g/mol. The zero-order valence-electron chi connectivity index (χ0n) is 23.2. The first-order valence-corrected chi connectivity index (χ1v) is 13.9. The summed E-state index contributed by atoms with van der Waals surface area (Å²) < 4.78 is 39.0. The van der Waals surface area contributed by atoms with Crippen LogP contribution in [-0.2, 0) is 19.1 Å². The molecule has 0 bridgehead atoms. The van der Waals surface area contributed by atoms with E-state index in [1.807, 2.05) is 19.1 Å². The number of aromatic amines is 1. The number of rotatable bonds is 7. The second-order valence-corrected chi connectivity index (χ2v) is 10.7. The van der Waals surface area contributed by atoms with Gasteiger partial charge in [0.1, 0.15) is 17.7 Å². The summed E-state index contributed by atoms with van der Waals surface area (Å²) in [5, 5.41) is 6.48. The van der Waals surface area contributed by atoms with Crippen LogP contribution in [0, 0.1) is 11.6 Å². The van der Waals surface area contributed by atoms with Crippen LogP contribution in [0.4, 0.5) is 8.78 Å². The summed E-state index contributed by atoms with van der Waals surface area (Å²) >= 11 is 0. The first kappa shape index (κ1) is 28.4. The highest BCUT2D eigenvalue weighted by atomic mass is 19.1. The molecule has 2 aromatic carbocycles. The van der Waals surface area contributed by atoms with Crippen LogP contribution in [0.2, 0.25) is 0 Å². The van der Waals surface area contributed by atoms with E-state index in [0.717, 1.165) is 28.7 Å². The summed E-state index contributed by atoms with van der Waals surface area (Å²) in [5.74, 6) is -3.85. The van der Waals surface area contributed by atoms with Crippen molar-refractivity contribution in [2.75, 3.05) is 26.3 Å². The average Bonchev–Trinajstić information content (AvgIpc) is 3.75. The molecule has 2 fully saturated rings. The molecule has 2 saturated heterocycles. The van der Waals surface area contributed by atoms with Gasteiger partial charge in [0, 0.05) is 52.6 Å². The number of hydrogen-bond acceptors (Lipinski definition) is 6. The van der Waals surface area contributed by atoms with Gasteiger partial charge < -0.3 is 30.0 Å². The lowest BCUT2D eigenvalue weighted by molar-refractivity contribution is -0.152. The molecule has 43 heavy (non-hydrogen) atoms. The van der Waals surface area contributed by atoms with E-state index in [4.69, 9.17) is 9.47 Å². The van der Waals surface area contributed by atoms with Crippen molar-refractivity contribution >= 4 is 28.6 Å². The lowest BCUT2D eigenvalue weighted by atomic mass is 10.0. The van der Waals surface area contributed by atoms with Crippen LogP contribution in [0.3, 0.4) is 0 Å². The number of aromatic nitrogens is 2. The molecule has 2 aliphatic heterocycles. The van der Waals surface area contributed by atoms with Gasteiger partial charge in [0.05, 0.1) is 32.3 Å². The number of amides is 3.